The largest absolute Gasteiger partial charge is 0.449 e. The molecule has 19 heavy (non-hydrogen) atoms. The average molecular weight is 270 g/mol. The van der Waals surface area contributed by atoms with Gasteiger partial charge in [0.15, 0.2) is 0 Å². The van der Waals surface area contributed by atoms with Gasteiger partial charge < -0.3 is 20.5 Å². The number of unbranched alkanes of at least 4 members (excludes halogenated alkanes) is 1. The fraction of sp³-hybridized carbons (Fsp3) is 0.929. The summed E-state index contributed by atoms with van der Waals surface area (Å²) in [5.74, 6) is 0. The van der Waals surface area contributed by atoms with E-state index in [1.807, 2.05) is 0 Å². The van der Waals surface area contributed by atoms with Gasteiger partial charge in [0, 0.05) is 30.7 Å². The molecule has 0 aromatic rings. The van der Waals surface area contributed by atoms with Gasteiger partial charge in [0.25, 0.3) is 0 Å². The Bertz CT molecular complexity index is 329. The van der Waals surface area contributed by atoms with Crippen LogP contribution in [0, 0.1) is 5.41 Å². The Morgan fingerprint density at radius 1 is 1.42 bits per heavy atom. The zero-order valence-corrected chi connectivity index (χ0v) is 11.9. The molecule has 0 aromatic carbocycles. The zero-order valence-electron chi connectivity index (χ0n) is 11.9. The van der Waals surface area contributed by atoms with Crippen molar-refractivity contribution in [1.29, 1.82) is 0 Å². The Morgan fingerprint density at radius 3 is 2.79 bits per heavy atom. The summed E-state index contributed by atoms with van der Waals surface area (Å²) in [5.41, 5.74) is 6.24. The number of aliphatic hydroxyl groups excluding tert-OH is 1. The number of amides is 1. The predicted molar refractivity (Wildman–Crippen MR) is 72.7 cm³/mol. The summed E-state index contributed by atoms with van der Waals surface area (Å²) in [6, 6.07) is 0. The smallest absolute Gasteiger partial charge is 0.409 e. The van der Waals surface area contributed by atoms with Crippen LogP contribution in [-0.2, 0) is 4.74 Å². The number of likely N-dealkylation sites (tertiary alicyclic amines) is 1. The number of aliphatic hydroxyl groups is 1. The van der Waals surface area contributed by atoms with E-state index in [0.29, 0.717) is 13.0 Å². The molecule has 3 N–H and O–H groups in total. The first-order valence-corrected chi connectivity index (χ1v) is 7.34. The van der Waals surface area contributed by atoms with E-state index in [1.54, 1.807) is 4.90 Å². The molecule has 1 heterocycles. The quantitative estimate of drug-likeness (QED) is 0.742. The molecule has 110 valence electrons. The summed E-state index contributed by atoms with van der Waals surface area (Å²) in [4.78, 5) is 13.5. The number of hydrogen-bond donors (Lipinski definition) is 2. The van der Waals surface area contributed by atoms with Crippen LogP contribution >= 0.6 is 0 Å². The highest BCUT2D eigenvalue weighted by atomic mass is 16.6. The third-order valence-corrected chi connectivity index (χ3v) is 4.52. The normalized spacial score (nSPS) is 28.5. The van der Waals surface area contributed by atoms with Gasteiger partial charge in [-0.2, -0.15) is 0 Å². The molecule has 1 amide bonds. The number of carbonyl (C=O) groups excluding carboxylic acids is 1. The van der Waals surface area contributed by atoms with E-state index in [4.69, 9.17) is 15.6 Å². The molecule has 0 bridgehead atoms. The Labute approximate surface area is 115 Å². The SMILES string of the molecule is CCCCOC(=O)N1CC2(CCC(N)(CCO)C2)C1. The van der Waals surface area contributed by atoms with E-state index in [-0.39, 0.29) is 23.7 Å². The maximum absolute atomic E-state index is 11.8. The van der Waals surface area contributed by atoms with E-state index < -0.39 is 0 Å². The van der Waals surface area contributed by atoms with E-state index in [1.165, 1.54) is 0 Å². The number of hydrogen-bond acceptors (Lipinski definition) is 4. The monoisotopic (exact) mass is 270 g/mol. The van der Waals surface area contributed by atoms with Gasteiger partial charge in [-0.25, -0.2) is 4.79 Å². The molecule has 1 aliphatic carbocycles. The van der Waals surface area contributed by atoms with Crippen LogP contribution in [0.3, 0.4) is 0 Å². The van der Waals surface area contributed by atoms with Gasteiger partial charge >= 0.3 is 6.09 Å². The van der Waals surface area contributed by atoms with Crippen molar-refractivity contribution < 1.29 is 14.6 Å². The number of ether oxygens (including phenoxy) is 1. The van der Waals surface area contributed by atoms with E-state index in [9.17, 15) is 4.79 Å². The summed E-state index contributed by atoms with van der Waals surface area (Å²) in [7, 11) is 0. The van der Waals surface area contributed by atoms with Crippen LogP contribution in [0.1, 0.15) is 45.4 Å². The number of carbonyl (C=O) groups is 1. The second-order valence-corrected chi connectivity index (χ2v) is 6.34. The molecule has 1 saturated heterocycles. The minimum absolute atomic E-state index is 0.148. The molecule has 2 fully saturated rings. The molecule has 2 rings (SSSR count). The summed E-state index contributed by atoms with van der Waals surface area (Å²) in [6.45, 7) is 4.27. The molecule has 2 aliphatic rings. The number of nitrogens with zero attached hydrogens (tertiary/aromatic N) is 1. The van der Waals surface area contributed by atoms with Crippen LogP contribution in [0.4, 0.5) is 4.79 Å². The van der Waals surface area contributed by atoms with Gasteiger partial charge in [0.2, 0.25) is 0 Å². The topological polar surface area (TPSA) is 75.8 Å². The highest BCUT2D eigenvalue weighted by Gasteiger charge is 2.53. The molecular formula is C14H26N2O3. The van der Waals surface area contributed by atoms with Crippen LogP contribution in [-0.4, -0.2) is 47.9 Å². The lowest BCUT2D eigenvalue weighted by Crippen LogP contribution is -2.58. The maximum atomic E-state index is 11.8. The Balaban J connectivity index is 1.75. The number of rotatable bonds is 5. The highest BCUT2D eigenvalue weighted by molar-refractivity contribution is 5.69. The maximum Gasteiger partial charge on any atom is 0.409 e. The standard InChI is InChI=1S/C14H26N2O3/c1-2-3-8-19-12(18)16-10-13(11-16)4-5-14(15,9-13)6-7-17/h17H,2-11,15H2,1H3. The molecule has 1 spiro atoms. The molecule has 5 nitrogen and oxygen atoms in total. The first-order valence-electron chi connectivity index (χ1n) is 7.34. The predicted octanol–water partition coefficient (Wildman–Crippen LogP) is 1.49. The van der Waals surface area contributed by atoms with Gasteiger partial charge in [0.1, 0.15) is 0 Å². The summed E-state index contributed by atoms with van der Waals surface area (Å²) in [6.07, 6.45) is 5.36. The van der Waals surface area contributed by atoms with E-state index >= 15 is 0 Å². The Kier molecular flexibility index (Phi) is 4.36. The van der Waals surface area contributed by atoms with Crippen LogP contribution in [0.15, 0.2) is 0 Å². The molecule has 1 unspecified atom stereocenters. The van der Waals surface area contributed by atoms with Gasteiger partial charge in [-0.15, -0.1) is 0 Å². The van der Waals surface area contributed by atoms with Gasteiger partial charge in [-0.3, -0.25) is 0 Å². The second-order valence-electron chi connectivity index (χ2n) is 6.34. The van der Waals surface area contributed by atoms with Crippen molar-refractivity contribution in [3.05, 3.63) is 0 Å². The Morgan fingerprint density at radius 2 is 2.16 bits per heavy atom. The highest BCUT2D eigenvalue weighted by Crippen LogP contribution is 2.50. The lowest BCUT2D eigenvalue weighted by atomic mass is 9.76. The molecule has 1 saturated carbocycles. The summed E-state index contributed by atoms with van der Waals surface area (Å²) >= 11 is 0. The Hall–Kier alpha value is -0.810. The third kappa shape index (κ3) is 3.20. The lowest BCUT2D eigenvalue weighted by molar-refractivity contribution is -0.00396. The molecule has 0 radical (unpaired) electrons. The zero-order chi connectivity index (χ0) is 13.9. The van der Waals surface area contributed by atoms with E-state index in [0.717, 1.165) is 45.2 Å². The van der Waals surface area contributed by atoms with Crippen LogP contribution in [0.5, 0.6) is 0 Å². The van der Waals surface area contributed by atoms with Crippen molar-refractivity contribution >= 4 is 6.09 Å². The van der Waals surface area contributed by atoms with Crippen molar-refractivity contribution in [3.8, 4) is 0 Å². The van der Waals surface area contributed by atoms with Crippen molar-refractivity contribution in [1.82, 2.24) is 4.90 Å². The fourth-order valence-electron chi connectivity index (χ4n) is 3.43. The fourth-order valence-corrected chi connectivity index (χ4v) is 3.43. The molecule has 5 heteroatoms. The van der Waals surface area contributed by atoms with Gasteiger partial charge in [0.05, 0.1) is 6.61 Å². The second kappa shape index (κ2) is 5.67. The van der Waals surface area contributed by atoms with E-state index in [2.05, 4.69) is 6.92 Å². The van der Waals surface area contributed by atoms with Crippen molar-refractivity contribution in [2.45, 2.75) is 51.0 Å². The van der Waals surface area contributed by atoms with Gasteiger partial charge in [-0.1, -0.05) is 13.3 Å². The minimum atomic E-state index is -0.229. The minimum Gasteiger partial charge on any atom is -0.449 e. The first-order chi connectivity index (χ1) is 9.02. The van der Waals surface area contributed by atoms with Crippen molar-refractivity contribution in [2.24, 2.45) is 11.1 Å². The van der Waals surface area contributed by atoms with Crippen molar-refractivity contribution in [3.63, 3.8) is 0 Å². The third-order valence-electron chi connectivity index (χ3n) is 4.52. The molecule has 1 atom stereocenters. The van der Waals surface area contributed by atoms with Gasteiger partial charge in [-0.05, 0) is 32.1 Å². The lowest BCUT2D eigenvalue weighted by Gasteiger charge is -2.48. The summed E-state index contributed by atoms with van der Waals surface area (Å²) < 4.78 is 5.20. The first kappa shape index (κ1) is 14.6. The molecule has 1 aliphatic heterocycles. The van der Waals surface area contributed by atoms with Crippen molar-refractivity contribution in [2.75, 3.05) is 26.3 Å². The number of nitrogens with two attached hydrogens (primary N) is 1. The molecule has 0 aromatic heterocycles. The van der Waals surface area contributed by atoms with Crippen LogP contribution < -0.4 is 5.73 Å². The summed E-state index contributed by atoms with van der Waals surface area (Å²) in [5, 5.41) is 9.05. The molecular weight excluding hydrogens is 244 g/mol. The van der Waals surface area contributed by atoms with Crippen LogP contribution in [0.25, 0.3) is 0 Å². The average Bonchev–Trinajstić information content (AvgIpc) is 2.66. The van der Waals surface area contributed by atoms with Crippen LogP contribution in [0.2, 0.25) is 0 Å².